The van der Waals surface area contributed by atoms with Crippen molar-refractivity contribution in [1.82, 2.24) is 0 Å². The van der Waals surface area contributed by atoms with Crippen LogP contribution in [-0.2, 0) is 4.79 Å². The SMILES string of the molecule is Cc1cc2c(cc1C)N(CCC(C)C)C(=O)C(C)(C)N2. The van der Waals surface area contributed by atoms with Crippen LogP contribution in [0.5, 0.6) is 0 Å². The average molecular weight is 274 g/mol. The van der Waals surface area contributed by atoms with Crippen molar-refractivity contribution in [2.24, 2.45) is 5.92 Å². The van der Waals surface area contributed by atoms with Gasteiger partial charge in [-0.1, -0.05) is 13.8 Å². The Bertz CT molecular complexity index is 532. The minimum Gasteiger partial charge on any atom is -0.370 e. The van der Waals surface area contributed by atoms with Crippen molar-refractivity contribution in [2.75, 3.05) is 16.8 Å². The van der Waals surface area contributed by atoms with E-state index in [1.165, 1.54) is 11.1 Å². The van der Waals surface area contributed by atoms with Crippen molar-refractivity contribution in [3.05, 3.63) is 23.3 Å². The van der Waals surface area contributed by atoms with E-state index in [9.17, 15) is 4.79 Å². The topological polar surface area (TPSA) is 32.3 Å². The van der Waals surface area contributed by atoms with E-state index in [1.54, 1.807) is 0 Å². The molecular formula is C17H26N2O. The molecule has 3 heteroatoms. The number of aryl methyl sites for hydroxylation is 2. The maximum atomic E-state index is 12.7. The Morgan fingerprint density at radius 2 is 1.80 bits per heavy atom. The molecule has 2 rings (SSSR count). The molecule has 1 N–H and O–H groups in total. The number of carbonyl (C=O) groups is 1. The molecule has 1 aromatic rings. The van der Waals surface area contributed by atoms with Crippen LogP contribution >= 0.6 is 0 Å². The second kappa shape index (κ2) is 5.12. The number of anilines is 2. The minimum atomic E-state index is -0.536. The molecule has 0 saturated carbocycles. The maximum absolute atomic E-state index is 12.7. The summed E-state index contributed by atoms with van der Waals surface area (Å²) in [4.78, 5) is 14.6. The van der Waals surface area contributed by atoms with Crippen molar-refractivity contribution in [3.63, 3.8) is 0 Å². The van der Waals surface area contributed by atoms with Crippen molar-refractivity contribution in [3.8, 4) is 0 Å². The van der Waals surface area contributed by atoms with Gasteiger partial charge in [0.2, 0.25) is 0 Å². The molecule has 0 saturated heterocycles. The number of rotatable bonds is 3. The molecule has 1 aliphatic heterocycles. The Balaban J connectivity index is 2.44. The molecular weight excluding hydrogens is 248 g/mol. The molecule has 0 aromatic heterocycles. The van der Waals surface area contributed by atoms with Crippen molar-refractivity contribution in [1.29, 1.82) is 0 Å². The zero-order valence-electron chi connectivity index (χ0n) is 13.5. The van der Waals surface area contributed by atoms with Crippen molar-refractivity contribution in [2.45, 2.75) is 53.5 Å². The number of hydrogen-bond acceptors (Lipinski definition) is 2. The standard InChI is InChI=1S/C17H26N2O/c1-11(2)7-8-19-15-10-13(4)12(3)9-14(15)18-17(5,6)16(19)20/h9-11,18H,7-8H2,1-6H3. The number of amides is 1. The van der Waals surface area contributed by atoms with Crippen LogP contribution in [0, 0.1) is 19.8 Å². The Kier molecular flexibility index (Phi) is 3.81. The van der Waals surface area contributed by atoms with Crippen LogP contribution in [0.2, 0.25) is 0 Å². The first kappa shape index (κ1) is 14.9. The summed E-state index contributed by atoms with van der Waals surface area (Å²) in [6, 6.07) is 4.28. The maximum Gasteiger partial charge on any atom is 0.252 e. The highest BCUT2D eigenvalue weighted by atomic mass is 16.2. The fraction of sp³-hybridized carbons (Fsp3) is 0.588. The summed E-state index contributed by atoms with van der Waals surface area (Å²) < 4.78 is 0. The van der Waals surface area contributed by atoms with Crippen LogP contribution in [0.4, 0.5) is 11.4 Å². The molecule has 0 bridgehead atoms. The Labute approximate surface area is 122 Å². The first-order chi connectivity index (χ1) is 9.22. The number of carbonyl (C=O) groups excluding carboxylic acids is 1. The van der Waals surface area contributed by atoms with Crippen LogP contribution in [0.15, 0.2) is 12.1 Å². The van der Waals surface area contributed by atoms with Gasteiger partial charge in [0.15, 0.2) is 0 Å². The van der Waals surface area contributed by atoms with Crippen LogP contribution < -0.4 is 10.2 Å². The third kappa shape index (κ3) is 2.67. The van der Waals surface area contributed by atoms with E-state index < -0.39 is 5.54 Å². The van der Waals surface area contributed by atoms with E-state index in [-0.39, 0.29) is 5.91 Å². The van der Waals surface area contributed by atoms with Gasteiger partial charge in [-0.2, -0.15) is 0 Å². The van der Waals surface area contributed by atoms with Gasteiger partial charge in [-0.25, -0.2) is 0 Å². The van der Waals surface area contributed by atoms with Gasteiger partial charge in [-0.15, -0.1) is 0 Å². The van der Waals surface area contributed by atoms with E-state index >= 15 is 0 Å². The van der Waals surface area contributed by atoms with Crippen molar-refractivity contribution < 1.29 is 4.79 Å². The van der Waals surface area contributed by atoms with Gasteiger partial charge in [0.05, 0.1) is 11.4 Å². The highest BCUT2D eigenvalue weighted by molar-refractivity contribution is 6.07. The first-order valence-electron chi connectivity index (χ1n) is 7.44. The van der Waals surface area contributed by atoms with Gasteiger partial charge in [0.1, 0.15) is 5.54 Å². The summed E-state index contributed by atoms with van der Waals surface area (Å²) in [5, 5.41) is 3.38. The lowest BCUT2D eigenvalue weighted by Gasteiger charge is -2.40. The van der Waals surface area contributed by atoms with Gasteiger partial charge in [-0.05, 0) is 63.3 Å². The summed E-state index contributed by atoms with van der Waals surface area (Å²) in [6.07, 6.45) is 1.02. The number of hydrogen-bond donors (Lipinski definition) is 1. The summed E-state index contributed by atoms with van der Waals surface area (Å²) >= 11 is 0. The molecule has 1 heterocycles. The summed E-state index contributed by atoms with van der Waals surface area (Å²) in [5.41, 5.74) is 4.04. The third-order valence-electron chi connectivity index (χ3n) is 4.06. The Morgan fingerprint density at radius 3 is 2.40 bits per heavy atom. The predicted molar refractivity (Wildman–Crippen MR) is 85.4 cm³/mol. The fourth-order valence-electron chi connectivity index (χ4n) is 2.57. The fourth-order valence-corrected chi connectivity index (χ4v) is 2.57. The van der Waals surface area contributed by atoms with Gasteiger partial charge in [-0.3, -0.25) is 4.79 Å². The highest BCUT2D eigenvalue weighted by Crippen LogP contribution is 2.37. The molecule has 0 radical (unpaired) electrons. The lowest BCUT2D eigenvalue weighted by Crippen LogP contribution is -2.54. The van der Waals surface area contributed by atoms with E-state index in [0.717, 1.165) is 24.3 Å². The van der Waals surface area contributed by atoms with E-state index in [4.69, 9.17) is 0 Å². The lowest BCUT2D eigenvalue weighted by atomic mass is 9.95. The Morgan fingerprint density at radius 1 is 1.20 bits per heavy atom. The van der Waals surface area contributed by atoms with Crippen molar-refractivity contribution >= 4 is 17.3 Å². The van der Waals surface area contributed by atoms with Crippen LogP contribution in [0.3, 0.4) is 0 Å². The second-order valence-corrected chi connectivity index (χ2v) is 6.84. The third-order valence-corrected chi connectivity index (χ3v) is 4.06. The molecule has 3 nitrogen and oxygen atoms in total. The number of fused-ring (bicyclic) bond motifs is 1. The number of nitrogens with one attached hydrogen (secondary N) is 1. The molecule has 0 aliphatic carbocycles. The normalized spacial score (nSPS) is 17.1. The molecule has 20 heavy (non-hydrogen) atoms. The monoisotopic (exact) mass is 274 g/mol. The average Bonchev–Trinajstić information content (AvgIpc) is 2.32. The van der Waals surface area contributed by atoms with E-state index in [0.29, 0.717) is 5.92 Å². The molecule has 1 aliphatic rings. The van der Waals surface area contributed by atoms with Gasteiger partial charge < -0.3 is 10.2 Å². The smallest absolute Gasteiger partial charge is 0.252 e. The van der Waals surface area contributed by atoms with Crippen LogP contribution in [0.25, 0.3) is 0 Å². The molecule has 110 valence electrons. The molecule has 0 fully saturated rings. The quantitative estimate of drug-likeness (QED) is 0.907. The molecule has 0 unspecified atom stereocenters. The molecule has 0 spiro atoms. The molecule has 1 amide bonds. The Hall–Kier alpha value is -1.51. The summed E-state index contributed by atoms with van der Waals surface area (Å²) in [6.45, 7) is 13.3. The molecule has 0 atom stereocenters. The number of nitrogens with zero attached hydrogens (tertiary/aromatic N) is 1. The summed E-state index contributed by atoms with van der Waals surface area (Å²) in [7, 11) is 0. The predicted octanol–water partition coefficient (Wildman–Crippen LogP) is 3.89. The largest absolute Gasteiger partial charge is 0.370 e. The van der Waals surface area contributed by atoms with E-state index in [2.05, 4.69) is 45.1 Å². The first-order valence-corrected chi connectivity index (χ1v) is 7.44. The van der Waals surface area contributed by atoms with Gasteiger partial charge in [0, 0.05) is 6.54 Å². The zero-order chi connectivity index (χ0) is 15.1. The lowest BCUT2D eigenvalue weighted by molar-refractivity contribution is -0.122. The number of benzene rings is 1. The zero-order valence-corrected chi connectivity index (χ0v) is 13.5. The highest BCUT2D eigenvalue weighted by Gasteiger charge is 2.38. The minimum absolute atomic E-state index is 0.161. The van der Waals surface area contributed by atoms with Gasteiger partial charge in [0.25, 0.3) is 5.91 Å². The van der Waals surface area contributed by atoms with Gasteiger partial charge >= 0.3 is 0 Å². The summed E-state index contributed by atoms with van der Waals surface area (Å²) in [5.74, 6) is 0.754. The van der Waals surface area contributed by atoms with E-state index in [1.807, 2.05) is 18.7 Å². The van der Waals surface area contributed by atoms with Crippen LogP contribution in [-0.4, -0.2) is 18.0 Å². The molecule has 1 aromatic carbocycles. The van der Waals surface area contributed by atoms with Crippen LogP contribution in [0.1, 0.15) is 45.2 Å². The second-order valence-electron chi connectivity index (χ2n) is 6.84.